The van der Waals surface area contributed by atoms with Gasteiger partial charge >= 0.3 is 0 Å². The topological polar surface area (TPSA) is 32.7 Å². The quantitative estimate of drug-likeness (QED) is 0.890. The van der Waals surface area contributed by atoms with Crippen molar-refractivity contribution >= 4 is 27.3 Å². The molecule has 1 N–H and O–H groups in total. The maximum absolute atomic E-state index is 10.5. The molecule has 1 saturated heterocycles. The van der Waals surface area contributed by atoms with E-state index in [1.165, 1.54) is 4.88 Å². The SMILES string of the molecule is CN(Cc1cc(Br)cs1)CC1C(O)C(C)(C)OC1(C)C. The molecule has 1 aromatic heterocycles. The maximum Gasteiger partial charge on any atom is 0.0896 e. The Kier molecular flexibility index (Phi) is 4.67. The molecule has 3 nitrogen and oxygen atoms in total. The number of rotatable bonds is 4. The summed E-state index contributed by atoms with van der Waals surface area (Å²) in [5, 5.41) is 12.6. The standard InChI is InChI=1S/C15H24BrNO2S/c1-14(2)12(13(18)15(3,4)19-14)8-17(5)7-11-6-10(16)9-20-11/h6,9,12-13,18H,7-8H2,1-5H3. The van der Waals surface area contributed by atoms with Gasteiger partial charge in [0.1, 0.15) is 0 Å². The van der Waals surface area contributed by atoms with Crippen LogP contribution in [0.2, 0.25) is 0 Å². The molecule has 1 aliphatic heterocycles. The van der Waals surface area contributed by atoms with Crippen LogP contribution in [0.25, 0.3) is 0 Å². The van der Waals surface area contributed by atoms with Gasteiger partial charge in [0.2, 0.25) is 0 Å². The average Bonchev–Trinajstić information content (AvgIpc) is 2.74. The van der Waals surface area contributed by atoms with Crippen molar-refractivity contribution in [3.05, 3.63) is 20.8 Å². The third kappa shape index (κ3) is 3.45. The molecule has 0 aromatic carbocycles. The number of nitrogens with zero attached hydrogens (tertiary/aromatic N) is 1. The first-order chi connectivity index (χ1) is 9.12. The molecule has 0 radical (unpaired) electrons. The van der Waals surface area contributed by atoms with Crippen LogP contribution in [0, 0.1) is 5.92 Å². The summed E-state index contributed by atoms with van der Waals surface area (Å²) in [5.41, 5.74) is -0.770. The Morgan fingerprint density at radius 3 is 2.45 bits per heavy atom. The Morgan fingerprint density at radius 1 is 1.35 bits per heavy atom. The van der Waals surface area contributed by atoms with Gasteiger partial charge in [0.25, 0.3) is 0 Å². The summed E-state index contributed by atoms with van der Waals surface area (Å²) in [7, 11) is 2.10. The first-order valence-electron chi connectivity index (χ1n) is 6.91. The van der Waals surface area contributed by atoms with Crippen molar-refractivity contribution in [1.29, 1.82) is 0 Å². The molecule has 2 atom stereocenters. The van der Waals surface area contributed by atoms with E-state index in [2.05, 4.69) is 53.2 Å². The van der Waals surface area contributed by atoms with Crippen molar-refractivity contribution in [2.45, 2.75) is 51.5 Å². The first-order valence-corrected chi connectivity index (χ1v) is 8.59. The Morgan fingerprint density at radius 2 is 2.00 bits per heavy atom. The lowest BCUT2D eigenvalue weighted by Crippen LogP contribution is -2.42. The molecule has 1 aliphatic rings. The van der Waals surface area contributed by atoms with E-state index in [-0.39, 0.29) is 11.5 Å². The summed E-state index contributed by atoms with van der Waals surface area (Å²) in [5.74, 6) is 0.117. The van der Waals surface area contributed by atoms with E-state index in [4.69, 9.17) is 4.74 Å². The first kappa shape index (κ1) is 16.4. The zero-order valence-corrected chi connectivity index (χ0v) is 15.2. The number of hydrogen-bond donors (Lipinski definition) is 1. The third-order valence-electron chi connectivity index (χ3n) is 4.07. The van der Waals surface area contributed by atoms with Gasteiger partial charge in [0, 0.05) is 33.7 Å². The zero-order chi connectivity index (χ0) is 15.1. The molecule has 0 bridgehead atoms. The molecule has 114 valence electrons. The van der Waals surface area contributed by atoms with Gasteiger partial charge in [-0.05, 0) is 56.7 Å². The van der Waals surface area contributed by atoms with Gasteiger partial charge in [0.05, 0.1) is 17.3 Å². The average molecular weight is 362 g/mol. The second-order valence-electron chi connectivity index (χ2n) is 6.79. The molecule has 1 aromatic rings. The smallest absolute Gasteiger partial charge is 0.0896 e. The van der Waals surface area contributed by atoms with Crippen LogP contribution < -0.4 is 0 Å². The fourth-order valence-corrected chi connectivity index (χ4v) is 4.63. The molecule has 0 amide bonds. The van der Waals surface area contributed by atoms with Crippen molar-refractivity contribution in [2.75, 3.05) is 13.6 Å². The Labute approximate surface area is 134 Å². The Balaban J connectivity index is 2.01. The fraction of sp³-hybridized carbons (Fsp3) is 0.733. The number of thiophene rings is 1. The van der Waals surface area contributed by atoms with E-state index in [1.807, 2.05) is 13.8 Å². The van der Waals surface area contributed by atoms with Crippen LogP contribution in [0.4, 0.5) is 0 Å². The van der Waals surface area contributed by atoms with E-state index in [0.29, 0.717) is 0 Å². The van der Waals surface area contributed by atoms with Gasteiger partial charge in [0.15, 0.2) is 0 Å². The summed E-state index contributed by atoms with van der Waals surface area (Å²) in [6.45, 7) is 9.81. The summed E-state index contributed by atoms with van der Waals surface area (Å²) in [6.07, 6.45) is -0.435. The van der Waals surface area contributed by atoms with Crippen molar-refractivity contribution in [3.63, 3.8) is 0 Å². The van der Waals surface area contributed by atoms with E-state index < -0.39 is 11.7 Å². The highest BCUT2D eigenvalue weighted by Gasteiger charge is 2.53. The van der Waals surface area contributed by atoms with Crippen LogP contribution in [0.1, 0.15) is 32.6 Å². The molecule has 0 spiro atoms. The monoisotopic (exact) mass is 361 g/mol. The zero-order valence-electron chi connectivity index (χ0n) is 12.8. The van der Waals surface area contributed by atoms with E-state index in [1.54, 1.807) is 11.3 Å². The second-order valence-corrected chi connectivity index (χ2v) is 8.70. The van der Waals surface area contributed by atoms with Gasteiger partial charge in [-0.2, -0.15) is 0 Å². The highest BCUT2D eigenvalue weighted by Crippen LogP contribution is 2.42. The number of hydrogen-bond acceptors (Lipinski definition) is 4. The lowest BCUT2D eigenvalue weighted by molar-refractivity contribution is -0.0912. The van der Waals surface area contributed by atoms with E-state index >= 15 is 0 Å². The van der Waals surface area contributed by atoms with Crippen LogP contribution in [-0.2, 0) is 11.3 Å². The normalized spacial score (nSPS) is 28.2. The molecule has 2 rings (SSSR count). The number of halogens is 1. The number of aliphatic hydroxyl groups is 1. The van der Waals surface area contributed by atoms with Crippen molar-refractivity contribution in [3.8, 4) is 0 Å². The molecular weight excluding hydrogens is 338 g/mol. The predicted octanol–water partition coefficient (Wildman–Crippen LogP) is 3.51. The minimum atomic E-state index is -0.471. The number of aliphatic hydroxyl groups excluding tert-OH is 1. The molecule has 2 heterocycles. The minimum absolute atomic E-state index is 0.117. The van der Waals surface area contributed by atoms with Gasteiger partial charge in [-0.25, -0.2) is 0 Å². The lowest BCUT2D eigenvalue weighted by atomic mass is 9.84. The maximum atomic E-state index is 10.5. The highest BCUT2D eigenvalue weighted by molar-refractivity contribution is 9.10. The van der Waals surface area contributed by atoms with Crippen LogP contribution >= 0.6 is 27.3 Å². The number of ether oxygens (including phenoxy) is 1. The fourth-order valence-electron chi connectivity index (χ4n) is 3.10. The molecule has 20 heavy (non-hydrogen) atoms. The van der Waals surface area contributed by atoms with Crippen LogP contribution in [-0.4, -0.2) is 40.9 Å². The molecule has 1 fully saturated rings. The third-order valence-corrected chi connectivity index (χ3v) is 5.75. The summed E-state index contributed by atoms with van der Waals surface area (Å²) in [6, 6.07) is 2.15. The summed E-state index contributed by atoms with van der Waals surface area (Å²) < 4.78 is 7.17. The largest absolute Gasteiger partial charge is 0.390 e. The molecule has 2 unspecified atom stereocenters. The van der Waals surface area contributed by atoms with Gasteiger partial charge in [-0.1, -0.05) is 0 Å². The summed E-state index contributed by atoms with van der Waals surface area (Å²) in [4.78, 5) is 3.59. The van der Waals surface area contributed by atoms with Crippen LogP contribution in [0.15, 0.2) is 15.9 Å². The molecule has 0 saturated carbocycles. The summed E-state index contributed by atoms with van der Waals surface area (Å²) >= 11 is 5.24. The molecular formula is C15H24BrNO2S. The predicted molar refractivity (Wildman–Crippen MR) is 87.1 cm³/mol. The lowest BCUT2D eigenvalue weighted by Gasteiger charge is -2.30. The van der Waals surface area contributed by atoms with Crippen molar-refractivity contribution < 1.29 is 9.84 Å². The van der Waals surface area contributed by atoms with Gasteiger partial charge < -0.3 is 14.7 Å². The second kappa shape index (κ2) is 5.69. The molecule has 5 heteroatoms. The van der Waals surface area contributed by atoms with E-state index in [0.717, 1.165) is 17.6 Å². The Bertz CT molecular complexity index is 472. The Hall–Kier alpha value is 0.0600. The highest BCUT2D eigenvalue weighted by atomic mass is 79.9. The van der Waals surface area contributed by atoms with Gasteiger partial charge in [-0.15, -0.1) is 11.3 Å². The van der Waals surface area contributed by atoms with Crippen LogP contribution in [0.5, 0.6) is 0 Å². The van der Waals surface area contributed by atoms with Crippen molar-refractivity contribution in [2.24, 2.45) is 5.92 Å². The van der Waals surface area contributed by atoms with Gasteiger partial charge in [-0.3, -0.25) is 0 Å². The minimum Gasteiger partial charge on any atom is -0.390 e. The van der Waals surface area contributed by atoms with E-state index in [9.17, 15) is 5.11 Å². The van der Waals surface area contributed by atoms with Crippen molar-refractivity contribution in [1.82, 2.24) is 4.90 Å². The molecule has 0 aliphatic carbocycles. The van der Waals surface area contributed by atoms with Crippen LogP contribution in [0.3, 0.4) is 0 Å².